The summed E-state index contributed by atoms with van der Waals surface area (Å²) >= 11 is 0. The van der Waals surface area contributed by atoms with Crippen molar-refractivity contribution >= 4 is 11.9 Å². The molecule has 0 aliphatic heterocycles. The van der Waals surface area contributed by atoms with Crippen molar-refractivity contribution in [3.8, 4) is 0 Å². The van der Waals surface area contributed by atoms with E-state index < -0.39 is 37.1 Å². The largest absolute Gasteiger partial charge is 0.481 e. The van der Waals surface area contributed by atoms with Crippen molar-refractivity contribution < 1.29 is 27.9 Å². The summed E-state index contributed by atoms with van der Waals surface area (Å²) < 4.78 is 35.5. The molecule has 0 aromatic heterocycles. The van der Waals surface area contributed by atoms with E-state index in [1.54, 1.807) is 6.92 Å². The van der Waals surface area contributed by atoms with Crippen molar-refractivity contribution in [2.75, 3.05) is 26.2 Å². The van der Waals surface area contributed by atoms with Crippen molar-refractivity contribution in [3.63, 3.8) is 0 Å². The number of alkyl halides is 3. The van der Waals surface area contributed by atoms with Gasteiger partial charge in [-0.1, -0.05) is 6.92 Å². The van der Waals surface area contributed by atoms with Crippen molar-refractivity contribution in [3.05, 3.63) is 0 Å². The summed E-state index contributed by atoms with van der Waals surface area (Å²) in [7, 11) is 0. The molecular weight excluding hydrogens is 253 g/mol. The summed E-state index contributed by atoms with van der Waals surface area (Å²) in [6.45, 7) is 1.60. The molecule has 0 aromatic rings. The third-order valence-corrected chi connectivity index (χ3v) is 2.25. The molecule has 0 saturated carbocycles. The van der Waals surface area contributed by atoms with Gasteiger partial charge in [-0.15, -0.1) is 0 Å². The minimum atomic E-state index is -4.37. The van der Waals surface area contributed by atoms with Crippen LogP contribution >= 0.6 is 0 Å². The summed E-state index contributed by atoms with van der Waals surface area (Å²) in [5, 5.41) is 10.7. The fourth-order valence-electron chi connectivity index (χ4n) is 1.24. The number of hydrogen-bond acceptors (Lipinski definition) is 3. The van der Waals surface area contributed by atoms with E-state index in [9.17, 15) is 22.8 Å². The molecule has 18 heavy (non-hydrogen) atoms. The third kappa shape index (κ3) is 7.10. The van der Waals surface area contributed by atoms with Gasteiger partial charge in [0.25, 0.3) is 0 Å². The Kier molecular flexibility index (Phi) is 6.67. The number of nitrogens with one attached hydrogen (secondary N) is 1. The Morgan fingerprint density at radius 2 is 1.94 bits per heavy atom. The predicted octanol–water partition coefficient (Wildman–Crippen LogP) is 0.707. The Morgan fingerprint density at radius 3 is 2.33 bits per heavy atom. The molecule has 106 valence electrons. The highest BCUT2D eigenvalue weighted by molar-refractivity contribution is 5.79. The van der Waals surface area contributed by atoms with Gasteiger partial charge in [0, 0.05) is 13.1 Å². The molecule has 5 nitrogen and oxygen atoms in total. The van der Waals surface area contributed by atoms with E-state index in [0.29, 0.717) is 0 Å². The van der Waals surface area contributed by atoms with E-state index in [-0.39, 0.29) is 13.1 Å². The molecule has 0 radical (unpaired) electrons. The third-order valence-electron chi connectivity index (χ3n) is 2.25. The monoisotopic (exact) mass is 270 g/mol. The van der Waals surface area contributed by atoms with E-state index in [1.807, 2.05) is 5.32 Å². The fourth-order valence-corrected chi connectivity index (χ4v) is 1.24. The number of likely N-dealkylation sites (N-methyl/N-ethyl adjacent to an activating group) is 1. The van der Waals surface area contributed by atoms with Crippen LogP contribution in [0.25, 0.3) is 0 Å². The standard InChI is InChI=1S/C10H17F3N2O3/c1-3-15(5-7(2)9(17)18)8(16)4-14-6-10(11,12)13/h7,14H,3-6H2,1-2H3,(H,17,18). The predicted molar refractivity (Wildman–Crippen MR) is 58.0 cm³/mol. The van der Waals surface area contributed by atoms with Gasteiger partial charge in [0.05, 0.1) is 19.0 Å². The Bertz CT molecular complexity index is 295. The molecule has 1 amide bonds. The van der Waals surface area contributed by atoms with Crippen LogP contribution in [0.4, 0.5) is 13.2 Å². The second-order valence-electron chi connectivity index (χ2n) is 3.89. The smallest absolute Gasteiger partial charge is 0.401 e. The van der Waals surface area contributed by atoms with Crippen LogP contribution in [-0.2, 0) is 9.59 Å². The van der Waals surface area contributed by atoms with Crippen LogP contribution in [0.1, 0.15) is 13.8 Å². The summed E-state index contributed by atoms with van der Waals surface area (Å²) in [6, 6.07) is 0. The van der Waals surface area contributed by atoms with Gasteiger partial charge < -0.3 is 15.3 Å². The fraction of sp³-hybridized carbons (Fsp3) is 0.800. The number of nitrogens with zero attached hydrogens (tertiary/aromatic N) is 1. The number of rotatable bonds is 7. The first kappa shape index (κ1) is 16.7. The quantitative estimate of drug-likeness (QED) is 0.714. The minimum Gasteiger partial charge on any atom is -0.481 e. The molecule has 0 heterocycles. The van der Waals surface area contributed by atoms with E-state index in [0.717, 1.165) is 0 Å². The first-order valence-electron chi connectivity index (χ1n) is 5.45. The highest BCUT2D eigenvalue weighted by Gasteiger charge is 2.27. The second-order valence-corrected chi connectivity index (χ2v) is 3.89. The van der Waals surface area contributed by atoms with E-state index >= 15 is 0 Å². The lowest BCUT2D eigenvalue weighted by Gasteiger charge is -2.23. The van der Waals surface area contributed by atoms with Crippen molar-refractivity contribution in [2.24, 2.45) is 5.92 Å². The molecule has 0 spiro atoms. The van der Waals surface area contributed by atoms with E-state index in [1.165, 1.54) is 11.8 Å². The zero-order valence-electron chi connectivity index (χ0n) is 10.3. The molecule has 8 heteroatoms. The topological polar surface area (TPSA) is 69.6 Å². The lowest BCUT2D eigenvalue weighted by Crippen LogP contribution is -2.43. The van der Waals surface area contributed by atoms with Crippen molar-refractivity contribution in [1.29, 1.82) is 0 Å². The first-order valence-corrected chi connectivity index (χ1v) is 5.45. The molecule has 0 aliphatic carbocycles. The summed E-state index contributed by atoms with van der Waals surface area (Å²) in [6.07, 6.45) is -4.37. The molecule has 0 rings (SSSR count). The van der Waals surface area contributed by atoms with Gasteiger partial charge >= 0.3 is 12.1 Å². The van der Waals surface area contributed by atoms with Gasteiger partial charge in [0.15, 0.2) is 0 Å². The number of carbonyl (C=O) groups is 2. The Balaban J connectivity index is 4.15. The number of aliphatic carboxylic acids is 1. The zero-order chi connectivity index (χ0) is 14.3. The maximum absolute atomic E-state index is 11.8. The average Bonchev–Trinajstić information content (AvgIpc) is 2.23. The van der Waals surface area contributed by atoms with Crippen LogP contribution in [0.15, 0.2) is 0 Å². The maximum atomic E-state index is 11.8. The molecule has 0 aromatic carbocycles. The normalized spacial score (nSPS) is 13.2. The Labute approximate surface area is 103 Å². The van der Waals surface area contributed by atoms with Crippen molar-refractivity contribution in [1.82, 2.24) is 10.2 Å². The molecule has 2 N–H and O–H groups in total. The Morgan fingerprint density at radius 1 is 1.39 bits per heavy atom. The lowest BCUT2D eigenvalue weighted by molar-refractivity contribution is -0.143. The number of carboxylic acid groups (broad SMARTS) is 1. The number of halogens is 3. The van der Waals surface area contributed by atoms with Gasteiger partial charge in [0.1, 0.15) is 0 Å². The zero-order valence-corrected chi connectivity index (χ0v) is 10.3. The molecule has 0 fully saturated rings. The number of hydrogen-bond donors (Lipinski definition) is 2. The second kappa shape index (κ2) is 7.20. The number of carbonyl (C=O) groups excluding carboxylic acids is 1. The lowest BCUT2D eigenvalue weighted by atomic mass is 10.1. The highest BCUT2D eigenvalue weighted by Crippen LogP contribution is 2.12. The maximum Gasteiger partial charge on any atom is 0.401 e. The highest BCUT2D eigenvalue weighted by atomic mass is 19.4. The summed E-state index contributed by atoms with van der Waals surface area (Å²) in [4.78, 5) is 23.3. The van der Waals surface area contributed by atoms with Crippen LogP contribution < -0.4 is 5.32 Å². The molecule has 1 atom stereocenters. The average molecular weight is 270 g/mol. The Hall–Kier alpha value is -1.31. The molecule has 0 aliphatic rings. The van der Waals surface area contributed by atoms with Crippen LogP contribution in [0.2, 0.25) is 0 Å². The van der Waals surface area contributed by atoms with Gasteiger partial charge in [0.2, 0.25) is 5.91 Å². The van der Waals surface area contributed by atoms with Crippen LogP contribution in [0, 0.1) is 5.92 Å². The van der Waals surface area contributed by atoms with Gasteiger partial charge in [-0.05, 0) is 6.92 Å². The van der Waals surface area contributed by atoms with E-state index in [2.05, 4.69) is 0 Å². The minimum absolute atomic E-state index is 0.0155. The van der Waals surface area contributed by atoms with Crippen LogP contribution in [-0.4, -0.2) is 54.2 Å². The van der Waals surface area contributed by atoms with Crippen LogP contribution in [0.3, 0.4) is 0 Å². The van der Waals surface area contributed by atoms with Gasteiger partial charge in [-0.25, -0.2) is 0 Å². The van der Waals surface area contributed by atoms with Crippen LogP contribution in [0.5, 0.6) is 0 Å². The molecule has 0 bridgehead atoms. The summed E-state index contributed by atoms with van der Waals surface area (Å²) in [5.74, 6) is -2.35. The summed E-state index contributed by atoms with van der Waals surface area (Å²) in [5.41, 5.74) is 0. The SMILES string of the molecule is CCN(CC(C)C(=O)O)C(=O)CNCC(F)(F)F. The van der Waals surface area contributed by atoms with E-state index in [4.69, 9.17) is 5.11 Å². The molecule has 1 unspecified atom stereocenters. The van der Waals surface area contributed by atoms with Gasteiger partial charge in [-0.2, -0.15) is 13.2 Å². The number of amides is 1. The molecule has 0 saturated heterocycles. The van der Waals surface area contributed by atoms with Crippen molar-refractivity contribution in [2.45, 2.75) is 20.0 Å². The first-order chi connectivity index (χ1) is 8.17. The molecular formula is C10H17F3N2O3. The van der Waals surface area contributed by atoms with Gasteiger partial charge in [-0.3, -0.25) is 9.59 Å². The number of carboxylic acids is 1.